The maximum Gasteiger partial charge on any atom is 0.143 e. The van der Waals surface area contributed by atoms with Crippen LogP contribution in [0.2, 0.25) is 5.02 Å². The number of benzene rings is 2. The quantitative estimate of drug-likeness (QED) is 0.708. The maximum absolute atomic E-state index is 9.66. The summed E-state index contributed by atoms with van der Waals surface area (Å²) in [5, 5.41) is 13.7. The molecule has 0 atom stereocenters. The molecule has 19 heavy (non-hydrogen) atoms. The van der Waals surface area contributed by atoms with E-state index >= 15 is 0 Å². The molecule has 0 saturated carbocycles. The van der Waals surface area contributed by atoms with E-state index in [1.54, 1.807) is 0 Å². The van der Waals surface area contributed by atoms with Crippen molar-refractivity contribution in [2.24, 2.45) is 0 Å². The second-order valence-electron chi connectivity index (χ2n) is 4.17. The fraction of sp³-hybridized carbons (Fsp3) is 0.143. The van der Waals surface area contributed by atoms with Crippen LogP contribution in [0.3, 0.4) is 0 Å². The van der Waals surface area contributed by atoms with Crippen LogP contribution in [0.4, 0.5) is 5.69 Å². The number of nitrogens with one attached hydrogen (secondary N) is 1. The van der Waals surface area contributed by atoms with Crippen LogP contribution < -0.4 is 5.32 Å². The summed E-state index contributed by atoms with van der Waals surface area (Å²) in [6.07, 6.45) is 0. The van der Waals surface area contributed by atoms with Gasteiger partial charge in [-0.1, -0.05) is 17.7 Å². The molecule has 2 aromatic rings. The Labute approximate surface area is 134 Å². The van der Waals surface area contributed by atoms with Gasteiger partial charge >= 0.3 is 0 Å². The number of halogens is 3. The number of aromatic hydroxyl groups is 1. The SMILES string of the molecule is Cc1c(Cl)cccc1NCc1cc(Br)c(O)c(Br)c1. The normalized spacial score (nSPS) is 10.5. The Balaban J connectivity index is 2.17. The monoisotopic (exact) mass is 403 g/mol. The highest BCUT2D eigenvalue weighted by Crippen LogP contribution is 2.33. The summed E-state index contributed by atoms with van der Waals surface area (Å²) in [6, 6.07) is 9.54. The van der Waals surface area contributed by atoms with E-state index in [0.717, 1.165) is 21.8 Å². The molecule has 0 aliphatic carbocycles. The molecule has 2 rings (SSSR count). The summed E-state index contributed by atoms with van der Waals surface area (Å²) in [6.45, 7) is 2.63. The van der Waals surface area contributed by atoms with E-state index in [9.17, 15) is 5.11 Å². The molecule has 2 nitrogen and oxygen atoms in total. The van der Waals surface area contributed by atoms with Crippen LogP contribution in [0.1, 0.15) is 11.1 Å². The number of rotatable bonds is 3. The Morgan fingerprint density at radius 1 is 1.21 bits per heavy atom. The third kappa shape index (κ3) is 3.44. The number of phenolic OH excluding ortho intramolecular Hbond substituents is 1. The van der Waals surface area contributed by atoms with Crippen molar-refractivity contribution in [3.63, 3.8) is 0 Å². The third-order valence-electron chi connectivity index (χ3n) is 2.83. The molecule has 0 heterocycles. The first kappa shape index (κ1) is 14.7. The Morgan fingerprint density at radius 3 is 2.47 bits per heavy atom. The van der Waals surface area contributed by atoms with Crippen molar-refractivity contribution < 1.29 is 5.11 Å². The first-order chi connectivity index (χ1) is 8.99. The zero-order valence-electron chi connectivity index (χ0n) is 10.2. The second-order valence-corrected chi connectivity index (χ2v) is 6.29. The van der Waals surface area contributed by atoms with Gasteiger partial charge in [0.25, 0.3) is 0 Å². The predicted molar refractivity (Wildman–Crippen MR) is 87.0 cm³/mol. The smallest absolute Gasteiger partial charge is 0.143 e. The Morgan fingerprint density at radius 2 is 1.84 bits per heavy atom. The highest BCUT2D eigenvalue weighted by atomic mass is 79.9. The van der Waals surface area contributed by atoms with E-state index in [2.05, 4.69) is 37.2 Å². The molecule has 5 heteroatoms. The third-order valence-corrected chi connectivity index (χ3v) is 4.45. The lowest BCUT2D eigenvalue weighted by molar-refractivity contribution is 0.468. The van der Waals surface area contributed by atoms with Gasteiger partial charge in [0.2, 0.25) is 0 Å². The topological polar surface area (TPSA) is 32.3 Å². The van der Waals surface area contributed by atoms with Gasteiger partial charge in [-0.05, 0) is 74.2 Å². The zero-order chi connectivity index (χ0) is 14.0. The highest BCUT2D eigenvalue weighted by Gasteiger charge is 2.07. The maximum atomic E-state index is 9.66. The van der Waals surface area contributed by atoms with Gasteiger partial charge in [-0.25, -0.2) is 0 Å². The van der Waals surface area contributed by atoms with Crippen molar-refractivity contribution in [1.29, 1.82) is 0 Å². The van der Waals surface area contributed by atoms with Crippen molar-refractivity contribution in [3.05, 3.63) is 55.4 Å². The van der Waals surface area contributed by atoms with Gasteiger partial charge in [-0.3, -0.25) is 0 Å². The second kappa shape index (κ2) is 6.16. The van der Waals surface area contributed by atoms with E-state index in [-0.39, 0.29) is 5.75 Å². The van der Waals surface area contributed by atoms with E-state index < -0.39 is 0 Å². The molecule has 0 unspecified atom stereocenters. The Kier molecular flexibility index (Phi) is 4.76. The first-order valence-electron chi connectivity index (χ1n) is 5.65. The Bertz CT molecular complexity index is 593. The predicted octanol–water partition coefficient (Wildman–Crippen LogP) is 5.49. The van der Waals surface area contributed by atoms with Gasteiger partial charge in [-0.2, -0.15) is 0 Å². The molecule has 0 saturated heterocycles. The van der Waals surface area contributed by atoms with E-state index in [1.807, 2.05) is 37.3 Å². The average Bonchev–Trinajstić information content (AvgIpc) is 2.37. The molecular formula is C14H12Br2ClNO. The lowest BCUT2D eigenvalue weighted by Gasteiger charge is -2.12. The van der Waals surface area contributed by atoms with Crippen LogP contribution in [0.25, 0.3) is 0 Å². The fourth-order valence-electron chi connectivity index (χ4n) is 1.72. The minimum Gasteiger partial charge on any atom is -0.506 e. The average molecular weight is 406 g/mol. The van der Waals surface area contributed by atoms with Gasteiger partial charge < -0.3 is 10.4 Å². The molecule has 100 valence electrons. The summed E-state index contributed by atoms with van der Waals surface area (Å²) in [5.74, 6) is 0.211. The molecule has 0 spiro atoms. The number of phenols is 1. The zero-order valence-corrected chi connectivity index (χ0v) is 14.1. The molecule has 0 amide bonds. The number of hydrogen-bond donors (Lipinski definition) is 2. The molecule has 2 N–H and O–H groups in total. The fourth-order valence-corrected chi connectivity index (χ4v) is 3.17. The first-order valence-corrected chi connectivity index (χ1v) is 7.61. The van der Waals surface area contributed by atoms with Gasteiger partial charge in [0.1, 0.15) is 5.75 Å². The molecule has 0 aromatic heterocycles. The molecule has 0 radical (unpaired) electrons. The summed E-state index contributed by atoms with van der Waals surface area (Å²) < 4.78 is 1.34. The lowest BCUT2D eigenvalue weighted by Crippen LogP contribution is -2.01. The van der Waals surface area contributed by atoms with Gasteiger partial charge in [0.05, 0.1) is 8.95 Å². The van der Waals surface area contributed by atoms with Gasteiger partial charge in [-0.15, -0.1) is 0 Å². The van der Waals surface area contributed by atoms with Crippen LogP contribution >= 0.6 is 43.5 Å². The molecule has 2 aromatic carbocycles. The highest BCUT2D eigenvalue weighted by molar-refractivity contribution is 9.11. The molecule has 0 aliphatic rings. The van der Waals surface area contributed by atoms with E-state index in [4.69, 9.17) is 11.6 Å². The van der Waals surface area contributed by atoms with Gasteiger partial charge in [0, 0.05) is 17.3 Å². The standard InChI is InChI=1S/C14H12Br2ClNO/c1-8-12(17)3-2-4-13(8)18-7-9-5-10(15)14(19)11(16)6-9/h2-6,18-19H,7H2,1H3. The number of hydrogen-bond acceptors (Lipinski definition) is 2. The lowest BCUT2D eigenvalue weighted by atomic mass is 10.1. The van der Waals surface area contributed by atoms with Crippen LogP contribution in [-0.4, -0.2) is 5.11 Å². The number of anilines is 1. The minimum atomic E-state index is 0.211. The molecule has 0 fully saturated rings. The molecular weight excluding hydrogens is 393 g/mol. The van der Waals surface area contributed by atoms with E-state index in [0.29, 0.717) is 15.5 Å². The van der Waals surface area contributed by atoms with Crippen molar-refractivity contribution in [1.82, 2.24) is 0 Å². The van der Waals surface area contributed by atoms with Crippen molar-refractivity contribution in [3.8, 4) is 5.75 Å². The van der Waals surface area contributed by atoms with Crippen LogP contribution in [-0.2, 0) is 6.54 Å². The molecule has 0 aliphatic heterocycles. The minimum absolute atomic E-state index is 0.211. The molecule has 0 bridgehead atoms. The van der Waals surface area contributed by atoms with Crippen LogP contribution in [0.15, 0.2) is 39.3 Å². The van der Waals surface area contributed by atoms with Crippen LogP contribution in [0, 0.1) is 6.92 Å². The van der Waals surface area contributed by atoms with E-state index in [1.165, 1.54) is 0 Å². The largest absolute Gasteiger partial charge is 0.506 e. The summed E-state index contributed by atoms with van der Waals surface area (Å²) in [5.41, 5.74) is 3.09. The van der Waals surface area contributed by atoms with Gasteiger partial charge in [0.15, 0.2) is 0 Å². The summed E-state index contributed by atoms with van der Waals surface area (Å²) >= 11 is 12.7. The summed E-state index contributed by atoms with van der Waals surface area (Å²) in [4.78, 5) is 0. The van der Waals surface area contributed by atoms with Crippen molar-refractivity contribution >= 4 is 49.1 Å². The van der Waals surface area contributed by atoms with Crippen LogP contribution in [0.5, 0.6) is 5.75 Å². The summed E-state index contributed by atoms with van der Waals surface area (Å²) in [7, 11) is 0. The van der Waals surface area contributed by atoms with Crippen molar-refractivity contribution in [2.45, 2.75) is 13.5 Å². The van der Waals surface area contributed by atoms with Crippen molar-refractivity contribution in [2.75, 3.05) is 5.32 Å². The Hall–Kier alpha value is -0.710.